The van der Waals surface area contributed by atoms with Gasteiger partial charge < -0.3 is 15.5 Å². The Morgan fingerprint density at radius 2 is 1.84 bits per heavy atom. The second-order valence-corrected chi connectivity index (χ2v) is 5.80. The number of rotatable bonds is 10. The summed E-state index contributed by atoms with van der Waals surface area (Å²) in [4.78, 5) is 14.2. The highest BCUT2D eigenvalue weighted by atomic mass is 16.2. The van der Waals surface area contributed by atoms with Crippen molar-refractivity contribution in [1.29, 1.82) is 0 Å². The zero-order valence-electron chi connectivity index (χ0n) is 13.6. The van der Waals surface area contributed by atoms with Crippen LogP contribution in [0.2, 0.25) is 0 Å². The van der Waals surface area contributed by atoms with Gasteiger partial charge in [-0.3, -0.25) is 4.79 Å². The van der Waals surface area contributed by atoms with Crippen LogP contribution in [0.3, 0.4) is 0 Å². The van der Waals surface area contributed by atoms with Gasteiger partial charge in [0.25, 0.3) is 0 Å². The van der Waals surface area contributed by atoms with E-state index in [1.807, 2.05) is 6.92 Å². The first-order chi connectivity index (χ1) is 8.88. The Morgan fingerprint density at radius 3 is 2.37 bits per heavy atom. The molecule has 2 atom stereocenters. The van der Waals surface area contributed by atoms with E-state index >= 15 is 0 Å². The summed E-state index contributed by atoms with van der Waals surface area (Å²) in [6, 6.07) is 0.744. The second-order valence-electron chi connectivity index (χ2n) is 5.80. The molecule has 1 amide bonds. The van der Waals surface area contributed by atoms with Gasteiger partial charge in [0, 0.05) is 12.1 Å². The van der Waals surface area contributed by atoms with Crippen molar-refractivity contribution in [2.75, 3.05) is 20.1 Å². The summed E-state index contributed by atoms with van der Waals surface area (Å²) >= 11 is 0. The number of carbonyl (C=O) groups excluding carboxylic acids is 1. The topological polar surface area (TPSA) is 44.4 Å². The fourth-order valence-corrected chi connectivity index (χ4v) is 1.87. The van der Waals surface area contributed by atoms with Gasteiger partial charge in [-0.2, -0.15) is 0 Å². The molecular formula is C15H33N3O. The zero-order valence-corrected chi connectivity index (χ0v) is 13.6. The van der Waals surface area contributed by atoms with Crippen LogP contribution in [0.4, 0.5) is 0 Å². The van der Waals surface area contributed by atoms with Crippen LogP contribution in [0.25, 0.3) is 0 Å². The van der Waals surface area contributed by atoms with Crippen molar-refractivity contribution in [2.45, 2.75) is 72.0 Å². The molecule has 0 radical (unpaired) electrons. The largest absolute Gasteiger partial charge is 0.352 e. The molecule has 2 N–H and O–H groups in total. The van der Waals surface area contributed by atoms with E-state index in [1.165, 1.54) is 0 Å². The third kappa shape index (κ3) is 9.00. The van der Waals surface area contributed by atoms with E-state index in [4.69, 9.17) is 0 Å². The minimum atomic E-state index is -0.108. The zero-order chi connectivity index (χ0) is 14.8. The highest BCUT2D eigenvalue weighted by Gasteiger charge is 2.14. The van der Waals surface area contributed by atoms with Crippen LogP contribution in [-0.4, -0.2) is 49.1 Å². The van der Waals surface area contributed by atoms with Gasteiger partial charge in [0.2, 0.25) is 5.91 Å². The monoisotopic (exact) mass is 271 g/mol. The van der Waals surface area contributed by atoms with E-state index in [9.17, 15) is 4.79 Å². The second kappa shape index (κ2) is 10.2. The molecule has 0 bridgehead atoms. The molecule has 114 valence electrons. The third-order valence-corrected chi connectivity index (χ3v) is 3.52. The SMILES string of the molecule is CCCC(C)NC(=O)C(C)NCCCN(C)C(C)C. The van der Waals surface area contributed by atoms with Gasteiger partial charge in [-0.15, -0.1) is 0 Å². The molecule has 0 heterocycles. The van der Waals surface area contributed by atoms with Gasteiger partial charge in [0.15, 0.2) is 0 Å². The molecule has 0 aromatic heterocycles. The fraction of sp³-hybridized carbons (Fsp3) is 0.933. The molecule has 0 aromatic rings. The van der Waals surface area contributed by atoms with E-state index < -0.39 is 0 Å². The van der Waals surface area contributed by atoms with Crippen LogP contribution in [0.5, 0.6) is 0 Å². The minimum Gasteiger partial charge on any atom is -0.352 e. The lowest BCUT2D eigenvalue weighted by molar-refractivity contribution is -0.123. The van der Waals surface area contributed by atoms with Crippen molar-refractivity contribution in [3.8, 4) is 0 Å². The lowest BCUT2D eigenvalue weighted by Gasteiger charge is -2.22. The third-order valence-electron chi connectivity index (χ3n) is 3.52. The highest BCUT2D eigenvalue weighted by molar-refractivity contribution is 5.81. The van der Waals surface area contributed by atoms with E-state index in [-0.39, 0.29) is 18.0 Å². The maximum atomic E-state index is 11.9. The molecule has 19 heavy (non-hydrogen) atoms. The van der Waals surface area contributed by atoms with Gasteiger partial charge in [-0.1, -0.05) is 13.3 Å². The molecule has 0 saturated carbocycles. The molecule has 2 unspecified atom stereocenters. The number of hydrogen-bond donors (Lipinski definition) is 2. The quantitative estimate of drug-likeness (QED) is 0.597. The first kappa shape index (κ1) is 18.4. The van der Waals surface area contributed by atoms with Crippen LogP contribution in [0, 0.1) is 0 Å². The van der Waals surface area contributed by atoms with Crippen LogP contribution in [0.15, 0.2) is 0 Å². The summed E-state index contributed by atoms with van der Waals surface area (Å²) in [5.41, 5.74) is 0. The maximum Gasteiger partial charge on any atom is 0.237 e. The number of carbonyl (C=O) groups is 1. The van der Waals surface area contributed by atoms with Crippen molar-refractivity contribution in [2.24, 2.45) is 0 Å². The van der Waals surface area contributed by atoms with E-state index in [0.717, 1.165) is 32.4 Å². The Bertz CT molecular complexity index is 244. The van der Waals surface area contributed by atoms with Crippen LogP contribution >= 0.6 is 0 Å². The highest BCUT2D eigenvalue weighted by Crippen LogP contribution is 1.97. The number of nitrogens with zero attached hydrogens (tertiary/aromatic N) is 1. The lowest BCUT2D eigenvalue weighted by atomic mass is 10.2. The summed E-state index contributed by atoms with van der Waals surface area (Å²) < 4.78 is 0. The number of nitrogens with one attached hydrogen (secondary N) is 2. The number of amides is 1. The fourth-order valence-electron chi connectivity index (χ4n) is 1.87. The molecule has 0 saturated heterocycles. The molecule has 0 aliphatic rings. The molecule has 0 aliphatic heterocycles. The Kier molecular flexibility index (Phi) is 9.88. The molecular weight excluding hydrogens is 238 g/mol. The summed E-state index contributed by atoms with van der Waals surface area (Å²) in [6.07, 6.45) is 3.21. The average Bonchev–Trinajstić information content (AvgIpc) is 2.33. The van der Waals surface area contributed by atoms with Crippen LogP contribution in [-0.2, 0) is 4.79 Å². The number of hydrogen-bond acceptors (Lipinski definition) is 3. The van der Waals surface area contributed by atoms with Gasteiger partial charge in [0.1, 0.15) is 0 Å². The van der Waals surface area contributed by atoms with Crippen molar-refractivity contribution >= 4 is 5.91 Å². The van der Waals surface area contributed by atoms with Crippen molar-refractivity contribution < 1.29 is 4.79 Å². The van der Waals surface area contributed by atoms with Crippen LogP contribution in [0.1, 0.15) is 53.9 Å². The Morgan fingerprint density at radius 1 is 1.21 bits per heavy atom. The Balaban J connectivity index is 3.73. The Labute approximate surface area is 119 Å². The van der Waals surface area contributed by atoms with Gasteiger partial charge in [-0.05, 0) is 60.7 Å². The van der Waals surface area contributed by atoms with E-state index in [0.29, 0.717) is 6.04 Å². The molecule has 0 aromatic carbocycles. The standard InChI is InChI=1S/C15H33N3O/c1-7-9-13(4)17-15(19)14(5)16-10-8-11-18(6)12(2)3/h12-14,16H,7-11H2,1-6H3,(H,17,19). The average molecular weight is 271 g/mol. The molecule has 0 aliphatic carbocycles. The van der Waals surface area contributed by atoms with E-state index in [2.05, 4.69) is 50.3 Å². The molecule has 4 nitrogen and oxygen atoms in total. The predicted molar refractivity (Wildman–Crippen MR) is 82.4 cm³/mol. The van der Waals surface area contributed by atoms with Crippen molar-refractivity contribution in [3.05, 3.63) is 0 Å². The van der Waals surface area contributed by atoms with Gasteiger partial charge in [0.05, 0.1) is 6.04 Å². The lowest BCUT2D eigenvalue weighted by Crippen LogP contribution is -2.46. The van der Waals surface area contributed by atoms with Crippen molar-refractivity contribution in [3.63, 3.8) is 0 Å². The maximum absolute atomic E-state index is 11.9. The summed E-state index contributed by atoms with van der Waals surface area (Å²) in [5, 5.41) is 6.32. The first-order valence-corrected chi connectivity index (χ1v) is 7.62. The minimum absolute atomic E-state index is 0.108. The first-order valence-electron chi connectivity index (χ1n) is 7.62. The molecule has 0 spiro atoms. The normalized spacial score (nSPS) is 14.7. The van der Waals surface area contributed by atoms with Gasteiger partial charge >= 0.3 is 0 Å². The van der Waals surface area contributed by atoms with Crippen LogP contribution < -0.4 is 10.6 Å². The summed E-state index contributed by atoms with van der Waals surface area (Å²) in [5.74, 6) is 0.109. The molecule has 0 rings (SSSR count). The summed E-state index contributed by atoms with van der Waals surface area (Å²) in [7, 11) is 2.13. The predicted octanol–water partition coefficient (Wildman–Crippen LogP) is 2.00. The van der Waals surface area contributed by atoms with Gasteiger partial charge in [-0.25, -0.2) is 0 Å². The molecule has 4 heteroatoms. The van der Waals surface area contributed by atoms with E-state index in [1.54, 1.807) is 0 Å². The van der Waals surface area contributed by atoms with Crippen molar-refractivity contribution in [1.82, 2.24) is 15.5 Å². The summed E-state index contributed by atoms with van der Waals surface area (Å²) in [6.45, 7) is 12.5. The smallest absolute Gasteiger partial charge is 0.237 e. The molecule has 0 fully saturated rings. The Hall–Kier alpha value is -0.610.